The Bertz CT molecular complexity index is 176. The lowest BCUT2D eigenvalue weighted by Crippen LogP contribution is -3.00. The summed E-state index contributed by atoms with van der Waals surface area (Å²) in [7, 11) is 6.77. The SMILES string of the molecule is C=CC(N)=O.CCCCCC[N+](C)(C)C.[Cl-]. The Balaban J connectivity index is -0.000000242. The van der Waals surface area contributed by atoms with E-state index in [9.17, 15) is 4.79 Å². The van der Waals surface area contributed by atoms with E-state index in [-0.39, 0.29) is 12.4 Å². The lowest BCUT2D eigenvalue weighted by molar-refractivity contribution is -0.870. The van der Waals surface area contributed by atoms with Crippen LogP contribution >= 0.6 is 0 Å². The summed E-state index contributed by atoms with van der Waals surface area (Å²) in [6, 6.07) is 0. The molecule has 0 atom stereocenters. The first kappa shape index (κ1) is 20.8. The number of primary amides is 1. The maximum absolute atomic E-state index is 9.47. The lowest BCUT2D eigenvalue weighted by Gasteiger charge is -2.23. The van der Waals surface area contributed by atoms with E-state index in [1.165, 1.54) is 32.2 Å². The van der Waals surface area contributed by atoms with Gasteiger partial charge in [0.1, 0.15) is 0 Å². The summed E-state index contributed by atoms with van der Waals surface area (Å²) in [5.41, 5.74) is 4.53. The van der Waals surface area contributed by atoms with Crippen molar-refractivity contribution in [2.24, 2.45) is 5.73 Å². The van der Waals surface area contributed by atoms with Gasteiger partial charge in [-0.25, -0.2) is 0 Å². The van der Waals surface area contributed by atoms with Crippen LogP contribution in [0.3, 0.4) is 0 Å². The molecule has 0 aromatic carbocycles. The first-order valence-electron chi connectivity index (χ1n) is 5.55. The van der Waals surface area contributed by atoms with Gasteiger partial charge in [0.2, 0.25) is 5.91 Å². The van der Waals surface area contributed by atoms with Crippen LogP contribution in [-0.2, 0) is 4.79 Å². The van der Waals surface area contributed by atoms with E-state index >= 15 is 0 Å². The van der Waals surface area contributed by atoms with Gasteiger partial charge < -0.3 is 22.6 Å². The molecule has 98 valence electrons. The highest BCUT2D eigenvalue weighted by molar-refractivity contribution is 5.84. The number of amides is 1. The fourth-order valence-corrected chi connectivity index (χ4v) is 1.01. The average Bonchev–Trinajstić information content (AvgIpc) is 2.12. The normalized spacial score (nSPS) is 9.50. The molecule has 3 nitrogen and oxygen atoms in total. The molecule has 0 aromatic rings. The van der Waals surface area contributed by atoms with Gasteiger partial charge in [-0.15, -0.1) is 0 Å². The van der Waals surface area contributed by atoms with Crippen LogP contribution in [0.4, 0.5) is 0 Å². The van der Waals surface area contributed by atoms with Crippen molar-refractivity contribution in [1.82, 2.24) is 0 Å². The van der Waals surface area contributed by atoms with Crippen LogP contribution in [-0.4, -0.2) is 38.1 Å². The minimum absolute atomic E-state index is 0. The molecule has 0 spiro atoms. The lowest BCUT2D eigenvalue weighted by atomic mass is 10.2. The molecule has 0 aliphatic heterocycles. The van der Waals surface area contributed by atoms with E-state index in [1.54, 1.807) is 0 Å². The summed E-state index contributed by atoms with van der Waals surface area (Å²) in [5, 5.41) is 0. The molecular weight excluding hydrogens is 224 g/mol. The zero-order valence-corrected chi connectivity index (χ0v) is 11.9. The molecule has 0 saturated heterocycles. The van der Waals surface area contributed by atoms with Crippen LogP contribution in [0.25, 0.3) is 0 Å². The number of carbonyl (C=O) groups excluding carboxylic acids is 1. The van der Waals surface area contributed by atoms with Crippen molar-refractivity contribution in [1.29, 1.82) is 0 Å². The van der Waals surface area contributed by atoms with Gasteiger partial charge in [0.25, 0.3) is 0 Å². The second-order valence-electron chi connectivity index (χ2n) is 4.68. The Morgan fingerprint density at radius 1 is 1.25 bits per heavy atom. The molecule has 0 fully saturated rings. The van der Waals surface area contributed by atoms with E-state index in [4.69, 9.17) is 0 Å². The van der Waals surface area contributed by atoms with Crippen molar-refractivity contribution in [3.05, 3.63) is 12.7 Å². The smallest absolute Gasteiger partial charge is 0.240 e. The fraction of sp³-hybridized carbons (Fsp3) is 0.750. The van der Waals surface area contributed by atoms with Crippen molar-refractivity contribution in [2.45, 2.75) is 32.6 Å². The van der Waals surface area contributed by atoms with Crippen LogP contribution in [0.15, 0.2) is 12.7 Å². The molecule has 0 saturated carbocycles. The number of hydrogen-bond acceptors (Lipinski definition) is 1. The van der Waals surface area contributed by atoms with E-state index in [2.05, 4.69) is 40.4 Å². The van der Waals surface area contributed by atoms with Gasteiger partial charge in [-0.2, -0.15) is 0 Å². The number of unbranched alkanes of at least 4 members (excludes halogenated alkanes) is 3. The van der Waals surface area contributed by atoms with E-state index in [1.807, 2.05) is 0 Å². The number of carbonyl (C=O) groups is 1. The number of rotatable bonds is 6. The topological polar surface area (TPSA) is 43.1 Å². The molecule has 0 unspecified atom stereocenters. The third-order valence-corrected chi connectivity index (χ3v) is 1.88. The van der Waals surface area contributed by atoms with Gasteiger partial charge in [0, 0.05) is 0 Å². The van der Waals surface area contributed by atoms with E-state index in [0.717, 1.165) is 10.6 Å². The zero-order valence-electron chi connectivity index (χ0n) is 11.1. The van der Waals surface area contributed by atoms with Crippen molar-refractivity contribution >= 4 is 5.91 Å². The third kappa shape index (κ3) is 29.2. The second-order valence-corrected chi connectivity index (χ2v) is 4.68. The molecule has 0 aliphatic rings. The van der Waals surface area contributed by atoms with Crippen molar-refractivity contribution < 1.29 is 21.7 Å². The summed E-state index contributed by atoms with van der Waals surface area (Å²) in [5.74, 6) is -0.481. The quantitative estimate of drug-likeness (QED) is 0.364. The third-order valence-electron chi connectivity index (χ3n) is 1.88. The van der Waals surface area contributed by atoms with Gasteiger partial charge in [0.15, 0.2) is 0 Å². The Morgan fingerprint density at radius 3 is 1.94 bits per heavy atom. The number of halogens is 1. The Kier molecular flexibility index (Phi) is 16.3. The summed E-state index contributed by atoms with van der Waals surface area (Å²) in [6.45, 7) is 6.66. The summed E-state index contributed by atoms with van der Waals surface area (Å²) < 4.78 is 1.11. The predicted molar refractivity (Wildman–Crippen MR) is 66.4 cm³/mol. The van der Waals surface area contributed by atoms with Crippen molar-refractivity contribution in [2.75, 3.05) is 27.7 Å². The predicted octanol–water partition coefficient (Wildman–Crippen LogP) is -1.07. The number of quaternary nitrogens is 1. The summed E-state index contributed by atoms with van der Waals surface area (Å²) >= 11 is 0. The number of nitrogens with two attached hydrogens (primary N) is 1. The Morgan fingerprint density at radius 2 is 1.69 bits per heavy atom. The maximum Gasteiger partial charge on any atom is 0.240 e. The minimum Gasteiger partial charge on any atom is -1.00 e. The monoisotopic (exact) mass is 250 g/mol. The number of hydrogen-bond donors (Lipinski definition) is 1. The highest BCUT2D eigenvalue weighted by Crippen LogP contribution is 2.01. The molecular formula is C12H27ClN2O. The molecule has 16 heavy (non-hydrogen) atoms. The van der Waals surface area contributed by atoms with Crippen LogP contribution in [0, 0.1) is 0 Å². The van der Waals surface area contributed by atoms with Crippen molar-refractivity contribution in [3.8, 4) is 0 Å². The molecule has 0 aromatic heterocycles. The molecule has 2 N–H and O–H groups in total. The molecule has 0 bridgehead atoms. The molecule has 0 rings (SSSR count). The fourth-order valence-electron chi connectivity index (χ4n) is 1.01. The molecule has 4 heteroatoms. The van der Waals surface area contributed by atoms with Gasteiger partial charge in [-0.3, -0.25) is 4.79 Å². The van der Waals surface area contributed by atoms with Crippen molar-refractivity contribution in [3.63, 3.8) is 0 Å². The van der Waals surface area contributed by atoms with Gasteiger partial charge >= 0.3 is 0 Å². The molecule has 1 amide bonds. The highest BCUT2D eigenvalue weighted by Gasteiger charge is 2.04. The standard InChI is InChI=1S/C9H22N.C3H5NO.ClH/c1-5-6-7-8-9-10(2,3)4;1-2-3(4)5;/h5-9H2,1-4H3;2H,1H2,(H2,4,5);1H/q+1;;/p-1. The largest absolute Gasteiger partial charge is 1.00 e. The molecule has 0 aliphatic carbocycles. The zero-order chi connectivity index (χ0) is 12.3. The van der Waals surface area contributed by atoms with Crippen LogP contribution < -0.4 is 18.1 Å². The average molecular weight is 251 g/mol. The summed E-state index contributed by atoms with van der Waals surface area (Å²) in [4.78, 5) is 9.47. The first-order chi connectivity index (χ1) is 6.83. The van der Waals surface area contributed by atoms with E-state index < -0.39 is 5.91 Å². The van der Waals surface area contributed by atoms with Gasteiger partial charge in [0.05, 0.1) is 27.7 Å². The first-order valence-corrected chi connectivity index (χ1v) is 5.55. The van der Waals surface area contributed by atoms with Crippen LogP contribution in [0.1, 0.15) is 32.6 Å². The molecule has 0 heterocycles. The highest BCUT2D eigenvalue weighted by atomic mass is 35.5. The number of nitrogens with zero attached hydrogens (tertiary/aromatic N) is 1. The maximum atomic E-state index is 9.47. The summed E-state index contributed by atoms with van der Waals surface area (Å²) in [6.07, 6.45) is 6.60. The van der Waals surface area contributed by atoms with Gasteiger partial charge in [-0.1, -0.05) is 26.3 Å². The Hall–Kier alpha value is -0.540. The second kappa shape index (κ2) is 12.5. The van der Waals surface area contributed by atoms with E-state index in [0.29, 0.717) is 0 Å². The van der Waals surface area contributed by atoms with Crippen LogP contribution in [0.5, 0.6) is 0 Å². The Labute approximate surface area is 107 Å². The molecule has 0 radical (unpaired) electrons. The van der Waals surface area contributed by atoms with Crippen LogP contribution in [0.2, 0.25) is 0 Å². The minimum atomic E-state index is -0.481. The van der Waals surface area contributed by atoms with Gasteiger partial charge in [-0.05, 0) is 18.9 Å².